The fraction of sp³-hybridized carbons (Fsp3) is 0.875. The molecule has 126 valence electrons. The van der Waals surface area contributed by atoms with Gasteiger partial charge in [-0.15, -0.1) is 11.8 Å². The Labute approximate surface area is 138 Å². The third-order valence-corrected chi connectivity index (χ3v) is 5.73. The molecule has 0 aliphatic carbocycles. The van der Waals surface area contributed by atoms with E-state index in [0.29, 0.717) is 18.1 Å². The first-order chi connectivity index (χ1) is 10.4. The van der Waals surface area contributed by atoms with Crippen LogP contribution in [0.4, 0.5) is 0 Å². The highest BCUT2D eigenvalue weighted by Crippen LogP contribution is 2.28. The second-order valence-electron chi connectivity index (χ2n) is 7.13. The van der Waals surface area contributed by atoms with E-state index in [1.165, 1.54) is 18.2 Å². The number of carbonyl (C=O) groups excluding carboxylic acids is 2. The maximum atomic E-state index is 12.3. The van der Waals surface area contributed by atoms with Crippen LogP contribution in [0.1, 0.15) is 39.5 Å². The molecule has 22 heavy (non-hydrogen) atoms. The molecule has 5 nitrogen and oxygen atoms in total. The van der Waals surface area contributed by atoms with Crippen molar-refractivity contribution in [1.82, 2.24) is 9.80 Å². The van der Waals surface area contributed by atoms with E-state index >= 15 is 0 Å². The molecule has 2 heterocycles. The maximum Gasteiger partial charge on any atom is 0.232 e. The number of rotatable bonds is 4. The maximum absolute atomic E-state index is 12.3. The lowest BCUT2D eigenvalue weighted by Crippen LogP contribution is -2.54. The lowest BCUT2D eigenvalue weighted by Gasteiger charge is -2.42. The van der Waals surface area contributed by atoms with Gasteiger partial charge >= 0.3 is 0 Å². The molecule has 2 rings (SSSR count). The van der Waals surface area contributed by atoms with Gasteiger partial charge in [0.25, 0.3) is 0 Å². The minimum atomic E-state index is -0.0256. The van der Waals surface area contributed by atoms with E-state index in [0.717, 1.165) is 38.9 Å². The first kappa shape index (κ1) is 17.6. The summed E-state index contributed by atoms with van der Waals surface area (Å²) in [5.41, 5.74) is 6.08. The number of hydrogen-bond donors (Lipinski definition) is 1. The third-order valence-electron chi connectivity index (χ3n) is 4.82. The van der Waals surface area contributed by atoms with Gasteiger partial charge in [0.15, 0.2) is 0 Å². The van der Waals surface area contributed by atoms with Gasteiger partial charge in [0, 0.05) is 32.2 Å². The molecule has 2 amide bonds. The Balaban J connectivity index is 1.70. The topological polar surface area (TPSA) is 66.6 Å². The molecule has 0 saturated carbocycles. The van der Waals surface area contributed by atoms with Crippen LogP contribution in [0.5, 0.6) is 0 Å². The van der Waals surface area contributed by atoms with Crippen molar-refractivity contribution in [3.8, 4) is 0 Å². The molecule has 2 saturated heterocycles. The molecule has 0 bridgehead atoms. The molecular formula is C16H29N3O2S. The van der Waals surface area contributed by atoms with Crippen LogP contribution in [0.15, 0.2) is 0 Å². The molecule has 0 aromatic heterocycles. The minimum absolute atomic E-state index is 0.0256. The van der Waals surface area contributed by atoms with Crippen molar-refractivity contribution in [2.75, 3.05) is 37.7 Å². The Morgan fingerprint density at radius 2 is 1.64 bits per heavy atom. The Hall–Kier alpha value is -0.750. The summed E-state index contributed by atoms with van der Waals surface area (Å²) < 4.78 is 0. The molecule has 2 N–H and O–H groups in total. The van der Waals surface area contributed by atoms with Crippen molar-refractivity contribution < 1.29 is 9.59 Å². The zero-order valence-electron chi connectivity index (χ0n) is 13.8. The Bertz CT molecular complexity index is 408. The number of piperidine rings is 2. The average molecular weight is 327 g/mol. The molecule has 0 aromatic rings. The first-order valence-electron chi connectivity index (χ1n) is 8.29. The summed E-state index contributed by atoms with van der Waals surface area (Å²) in [6.45, 7) is 7.45. The largest absolute Gasteiger partial charge is 0.342 e. The van der Waals surface area contributed by atoms with Crippen LogP contribution in [0.3, 0.4) is 0 Å². The van der Waals surface area contributed by atoms with Crippen molar-refractivity contribution in [2.24, 2.45) is 11.1 Å². The van der Waals surface area contributed by atoms with E-state index in [1.807, 2.05) is 9.80 Å². The average Bonchev–Trinajstić information content (AvgIpc) is 2.50. The van der Waals surface area contributed by atoms with E-state index < -0.39 is 0 Å². The summed E-state index contributed by atoms with van der Waals surface area (Å²) in [5, 5.41) is 0. The van der Waals surface area contributed by atoms with Crippen LogP contribution >= 0.6 is 11.8 Å². The molecule has 1 atom stereocenters. The second kappa shape index (κ2) is 7.68. The lowest BCUT2D eigenvalue weighted by atomic mass is 9.80. The van der Waals surface area contributed by atoms with Crippen LogP contribution < -0.4 is 5.73 Å². The van der Waals surface area contributed by atoms with E-state index in [1.54, 1.807) is 0 Å². The Kier molecular flexibility index (Phi) is 6.15. The van der Waals surface area contributed by atoms with Crippen molar-refractivity contribution in [3.05, 3.63) is 0 Å². The predicted molar refractivity (Wildman–Crippen MR) is 90.7 cm³/mol. The number of carbonyl (C=O) groups is 2. The molecule has 6 heteroatoms. The highest BCUT2D eigenvalue weighted by atomic mass is 32.2. The molecule has 2 aliphatic heterocycles. The van der Waals surface area contributed by atoms with Crippen molar-refractivity contribution in [3.63, 3.8) is 0 Å². The van der Waals surface area contributed by atoms with Crippen LogP contribution in [-0.2, 0) is 9.59 Å². The first-order valence-corrected chi connectivity index (χ1v) is 9.44. The lowest BCUT2D eigenvalue weighted by molar-refractivity contribution is -0.131. The highest BCUT2D eigenvalue weighted by molar-refractivity contribution is 8.00. The summed E-state index contributed by atoms with van der Waals surface area (Å²) in [6, 6.07) is 0.157. The zero-order chi connectivity index (χ0) is 16.2. The minimum Gasteiger partial charge on any atom is -0.342 e. The third kappa shape index (κ3) is 4.62. The highest BCUT2D eigenvalue weighted by Gasteiger charge is 2.35. The summed E-state index contributed by atoms with van der Waals surface area (Å²) >= 11 is 1.44. The molecular weight excluding hydrogens is 298 g/mol. The van der Waals surface area contributed by atoms with Gasteiger partial charge in [-0.2, -0.15) is 0 Å². The molecule has 2 aliphatic rings. The number of hydrogen-bond acceptors (Lipinski definition) is 4. The van der Waals surface area contributed by atoms with Gasteiger partial charge in [0.05, 0.1) is 11.5 Å². The standard InChI is InChI=1S/C16H29N3O2S/c1-16(2)12-19(9-6-13(16)17)15(21)11-22-10-14(20)18-7-4-3-5-8-18/h13H,3-12,17H2,1-2H3. The fourth-order valence-corrected chi connectivity index (χ4v) is 3.95. The van der Waals surface area contributed by atoms with E-state index in [2.05, 4.69) is 13.8 Å². The van der Waals surface area contributed by atoms with Crippen molar-refractivity contribution in [1.29, 1.82) is 0 Å². The number of likely N-dealkylation sites (tertiary alicyclic amines) is 2. The molecule has 1 unspecified atom stereocenters. The van der Waals surface area contributed by atoms with Gasteiger partial charge in [-0.1, -0.05) is 13.8 Å². The number of amides is 2. The Morgan fingerprint density at radius 3 is 2.23 bits per heavy atom. The van der Waals surface area contributed by atoms with Gasteiger partial charge < -0.3 is 15.5 Å². The van der Waals surface area contributed by atoms with Crippen LogP contribution in [0.2, 0.25) is 0 Å². The number of nitrogens with zero attached hydrogens (tertiary/aromatic N) is 2. The van der Waals surface area contributed by atoms with Crippen LogP contribution in [-0.4, -0.2) is 65.3 Å². The number of nitrogens with two attached hydrogens (primary N) is 1. The second-order valence-corrected chi connectivity index (χ2v) is 8.12. The summed E-state index contributed by atoms with van der Waals surface area (Å²) in [7, 11) is 0. The predicted octanol–water partition coefficient (Wildman–Crippen LogP) is 1.32. The monoisotopic (exact) mass is 327 g/mol. The zero-order valence-corrected chi connectivity index (χ0v) is 14.7. The van der Waals surface area contributed by atoms with Crippen molar-refractivity contribution >= 4 is 23.6 Å². The quantitative estimate of drug-likeness (QED) is 0.846. The van der Waals surface area contributed by atoms with E-state index in [-0.39, 0.29) is 23.3 Å². The van der Waals surface area contributed by atoms with Gasteiger partial charge in [-0.3, -0.25) is 9.59 Å². The molecule has 0 spiro atoms. The summed E-state index contributed by atoms with van der Waals surface area (Å²) in [5.74, 6) is 1.13. The molecule has 0 radical (unpaired) electrons. The summed E-state index contributed by atoms with van der Waals surface area (Å²) in [4.78, 5) is 28.2. The summed E-state index contributed by atoms with van der Waals surface area (Å²) in [6.07, 6.45) is 4.30. The van der Waals surface area contributed by atoms with E-state index in [4.69, 9.17) is 5.73 Å². The van der Waals surface area contributed by atoms with Gasteiger partial charge in [-0.05, 0) is 31.1 Å². The van der Waals surface area contributed by atoms with Crippen LogP contribution in [0.25, 0.3) is 0 Å². The Morgan fingerprint density at radius 1 is 1.05 bits per heavy atom. The number of thioether (sulfide) groups is 1. The van der Waals surface area contributed by atoms with E-state index in [9.17, 15) is 9.59 Å². The molecule has 2 fully saturated rings. The fourth-order valence-electron chi connectivity index (χ4n) is 3.14. The normalized spacial score (nSPS) is 25.1. The van der Waals surface area contributed by atoms with Gasteiger partial charge in [0.2, 0.25) is 11.8 Å². The SMILES string of the molecule is CC1(C)CN(C(=O)CSCC(=O)N2CCCCC2)CCC1N. The van der Waals surface area contributed by atoms with Crippen molar-refractivity contribution in [2.45, 2.75) is 45.6 Å². The smallest absolute Gasteiger partial charge is 0.232 e. The van der Waals surface area contributed by atoms with Gasteiger partial charge in [-0.25, -0.2) is 0 Å². The molecule has 0 aromatic carbocycles. The van der Waals surface area contributed by atoms with Crippen LogP contribution in [0, 0.1) is 5.41 Å². The van der Waals surface area contributed by atoms with Gasteiger partial charge in [0.1, 0.15) is 0 Å².